The van der Waals surface area contributed by atoms with Crippen LogP contribution in [0.25, 0.3) is 0 Å². The van der Waals surface area contributed by atoms with Crippen LogP contribution in [0, 0.1) is 0 Å². The van der Waals surface area contributed by atoms with Gasteiger partial charge in [-0.25, -0.2) is 0 Å². The molecule has 0 N–H and O–H groups in total. The number of halogens is 1. The SMILES string of the molecule is O=C(CCc1ccccc1Br)N1CCC2(CC1)OCCCO2. The Morgan fingerprint density at radius 3 is 2.55 bits per heavy atom. The monoisotopic (exact) mass is 367 g/mol. The Labute approximate surface area is 139 Å². The van der Waals surface area contributed by atoms with Crippen molar-refractivity contribution in [2.75, 3.05) is 26.3 Å². The molecule has 2 heterocycles. The smallest absolute Gasteiger partial charge is 0.222 e. The molecule has 2 aliphatic rings. The maximum absolute atomic E-state index is 12.4. The van der Waals surface area contributed by atoms with E-state index in [1.54, 1.807) is 0 Å². The van der Waals surface area contributed by atoms with Gasteiger partial charge < -0.3 is 14.4 Å². The van der Waals surface area contributed by atoms with Gasteiger partial charge in [0.1, 0.15) is 0 Å². The molecule has 0 bridgehead atoms. The van der Waals surface area contributed by atoms with E-state index in [1.807, 2.05) is 23.1 Å². The van der Waals surface area contributed by atoms with Crippen molar-refractivity contribution in [3.05, 3.63) is 34.3 Å². The van der Waals surface area contributed by atoms with Gasteiger partial charge in [-0.05, 0) is 24.5 Å². The van der Waals surface area contributed by atoms with Gasteiger partial charge in [-0.1, -0.05) is 34.1 Å². The zero-order chi connectivity index (χ0) is 15.4. The molecule has 0 atom stereocenters. The molecule has 1 spiro atoms. The Balaban J connectivity index is 1.49. The first kappa shape index (κ1) is 16.0. The third kappa shape index (κ3) is 3.70. The summed E-state index contributed by atoms with van der Waals surface area (Å²) in [6.07, 6.45) is 3.87. The van der Waals surface area contributed by atoms with Gasteiger partial charge in [-0.2, -0.15) is 0 Å². The van der Waals surface area contributed by atoms with Gasteiger partial charge in [0, 0.05) is 36.8 Å². The molecule has 120 valence electrons. The van der Waals surface area contributed by atoms with Crippen molar-refractivity contribution >= 4 is 21.8 Å². The van der Waals surface area contributed by atoms with Crippen LogP contribution in [0.4, 0.5) is 0 Å². The zero-order valence-electron chi connectivity index (χ0n) is 12.7. The van der Waals surface area contributed by atoms with Gasteiger partial charge in [0.2, 0.25) is 5.91 Å². The predicted molar refractivity (Wildman–Crippen MR) is 87.5 cm³/mol. The molecule has 22 heavy (non-hydrogen) atoms. The highest BCUT2D eigenvalue weighted by Gasteiger charge is 2.39. The summed E-state index contributed by atoms with van der Waals surface area (Å²) >= 11 is 3.53. The summed E-state index contributed by atoms with van der Waals surface area (Å²) in [7, 11) is 0. The van der Waals surface area contributed by atoms with Crippen LogP contribution in [0.1, 0.15) is 31.2 Å². The molecule has 5 heteroatoms. The van der Waals surface area contributed by atoms with Gasteiger partial charge in [0.15, 0.2) is 5.79 Å². The van der Waals surface area contributed by atoms with Gasteiger partial charge in [-0.3, -0.25) is 4.79 Å². The highest BCUT2D eigenvalue weighted by molar-refractivity contribution is 9.10. The van der Waals surface area contributed by atoms with E-state index < -0.39 is 5.79 Å². The number of ether oxygens (including phenoxy) is 2. The van der Waals surface area contributed by atoms with E-state index in [0.29, 0.717) is 6.42 Å². The van der Waals surface area contributed by atoms with Crippen molar-refractivity contribution in [2.24, 2.45) is 0 Å². The summed E-state index contributed by atoms with van der Waals surface area (Å²) in [5.74, 6) is -0.196. The number of carbonyl (C=O) groups excluding carboxylic acids is 1. The molecule has 2 aliphatic heterocycles. The number of nitrogens with zero attached hydrogens (tertiary/aromatic N) is 1. The third-order valence-electron chi connectivity index (χ3n) is 4.46. The van der Waals surface area contributed by atoms with Gasteiger partial charge in [-0.15, -0.1) is 0 Å². The van der Waals surface area contributed by atoms with E-state index >= 15 is 0 Å². The van der Waals surface area contributed by atoms with E-state index in [-0.39, 0.29) is 5.91 Å². The quantitative estimate of drug-likeness (QED) is 0.823. The first-order valence-corrected chi connectivity index (χ1v) is 8.77. The minimum atomic E-state index is -0.419. The second kappa shape index (κ2) is 7.11. The summed E-state index contributed by atoms with van der Waals surface area (Å²) in [4.78, 5) is 14.3. The van der Waals surface area contributed by atoms with E-state index in [9.17, 15) is 4.79 Å². The van der Waals surface area contributed by atoms with Crippen LogP contribution in [0.2, 0.25) is 0 Å². The van der Waals surface area contributed by atoms with Gasteiger partial charge in [0.05, 0.1) is 13.2 Å². The second-order valence-electron chi connectivity index (χ2n) is 5.93. The van der Waals surface area contributed by atoms with Crippen molar-refractivity contribution in [1.82, 2.24) is 4.90 Å². The molecular formula is C17H22BrNO3. The third-order valence-corrected chi connectivity index (χ3v) is 5.24. The summed E-state index contributed by atoms with van der Waals surface area (Å²) in [5.41, 5.74) is 1.18. The average Bonchev–Trinajstić information content (AvgIpc) is 2.55. The van der Waals surface area contributed by atoms with Gasteiger partial charge >= 0.3 is 0 Å². The fourth-order valence-corrected chi connectivity index (χ4v) is 3.59. The van der Waals surface area contributed by atoms with E-state index in [4.69, 9.17) is 9.47 Å². The molecule has 2 saturated heterocycles. The molecule has 0 radical (unpaired) electrons. The Kier molecular flexibility index (Phi) is 5.16. The number of piperidine rings is 1. The number of hydrogen-bond donors (Lipinski definition) is 0. The molecule has 3 rings (SSSR count). The van der Waals surface area contributed by atoms with Crippen molar-refractivity contribution in [3.63, 3.8) is 0 Å². The van der Waals surface area contributed by atoms with Crippen LogP contribution in [0.3, 0.4) is 0 Å². The first-order chi connectivity index (χ1) is 10.7. The number of carbonyl (C=O) groups is 1. The molecule has 4 nitrogen and oxygen atoms in total. The molecule has 0 saturated carbocycles. The Morgan fingerprint density at radius 2 is 1.86 bits per heavy atom. The van der Waals surface area contributed by atoms with Crippen LogP contribution in [0.15, 0.2) is 28.7 Å². The maximum atomic E-state index is 12.4. The van der Waals surface area contributed by atoms with Crippen molar-refractivity contribution in [1.29, 1.82) is 0 Å². The number of rotatable bonds is 3. The highest BCUT2D eigenvalue weighted by atomic mass is 79.9. The molecule has 0 unspecified atom stereocenters. The molecule has 0 aliphatic carbocycles. The Morgan fingerprint density at radius 1 is 1.18 bits per heavy atom. The average molecular weight is 368 g/mol. The highest BCUT2D eigenvalue weighted by Crippen LogP contribution is 2.31. The van der Waals surface area contributed by atoms with Crippen LogP contribution in [0.5, 0.6) is 0 Å². The zero-order valence-corrected chi connectivity index (χ0v) is 14.3. The Bertz CT molecular complexity index is 518. The fraction of sp³-hybridized carbons (Fsp3) is 0.588. The second-order valence-corrected chi connectivity index (χ2v) is 6.79. The molecule has 1 amide bonds. The summed E-state index contributed by atoms with van der Waals surface area (Å²) in [6.45, 7) is 3.01. The minimum absolute atomic E-state index is 0.224. The molecule has 0 aromatic heterocycles. The Hall–Kier alpha value is -0.910. The van der Waals surface area contributed by atoms with E-state index in [2.05, 4.69) is 22.0 Å². The standard InChI is InChI=1S/C17H22BrNO3/c18-15-5-2-1-4-14(15)6-7-16(20)19-10-8-17(9-11-19)21-12-3-13-22-17/h1-2,4-5H,3,6-13H2. The molecule has 2 fully saturated rings. The number of aryl methyl sites for hydroxylation is 1. The summed E-state index contributed by atoms with van der Waals surface area (Å²) < 4.78 is 12.7. The van der Waals surface area contributed by atoms with Crippen LogP contribution in [-0.2, 0) is 20.7 Å². The minimum Gasteiger partial charge on any atom is -0.350 e. The van der Waals surface area contributed by atoms with Crippen molar-refractivity contribution < 1.29 is 14.3 Å². The van der Waals surface area contributed by atoms with Crippen molar-refractivity contribution in [3.8, 4) is 0 Å². The largest absolute Gasteiger partial charge is 0.350 e. The molecular weight excluding hydrogens is 346 g/mol. The van der Waals surface area contributed by atoms with Crippen molar-refractivity contribution in [2.45, 2.75) is 37.9 Å². The van der Waals surface area contributed by atoms with E-state index in [1.165, 1.54) is 5.56 Å². The number of hydrogen-bond acceptors (Lipinski definition) is 3. The lowest BCUT2D eigenvalue weighted by Crippen LogP contribution is -2.51. The normalized spacial score (nSPS) is 21.0. The lowest BCUT2D eigenvalue weighted by Gasteiger charge is -2.43. The van der Waals surface area contributed by atoms with Gasteiger partial charge in [0.25, 0.3) is 0 Å². The van der Waals surface area contributed by atoms with E-state index in [0.717, 1.165) is 56.5 Å². The van der Waals surface area contributed by atoms with Crippen LogP contribution < -0.4 is 0 Å². The number of likely N-dealkylation sites (tertiary alicyclic amines) is 1. The maximum Gasteiger partial charge on any atom is 0.222 e. The predicted octanol–water partition coefficient (Wildman–Crippen LogP) is 3.14. The summed E-state index contributed by atoms with van der Waals surface area (Å²) in [6, 6.07) is 8.07. The molecule has 1 aromatic rings. The number of amides is 1. The lowest BCUT2D eigenvalue weighted by molar-refractivity contribution is -0.282. The number of benzene rings is 1. The topological polar surface area (TPSA) is 38.8 Å². The first-order valence-electron chi connectivity index (χ1n) is 7.98. The lowest BCUT2D eigenvalue weighted by atomic mass is 10.0. The van der Waals surface area contributed by atoms with Crippen LogP contribution >= 0.6 is 15.9 Å². The summed E-state index contributed by atoms with van der Waals surface area (Å²) in [5, 5.41) is 0. The van der Waals surface area contributed by atoms with Crippen LogP contribution in [-0.4, -0.2) is 42.9 Å². The fourth-order valence-electron chi connectivity index (χ4n) is 3.10. The molecule has 1 aromatic carbocycles.